The molecule has 2 aliphatic rings. The maximum atomic E-state index is 6.06. The van der Waals surface area contributed by atoms with Crippen molar-refractivity contribution in [2.45, 2.75) is 44.9 Å². The van der Waals surface area contributed by atoms with E-state index >= 15 is 0 Å². The van der Waals surface area contributed by atoms with Gasteiger partial charge in [0.15, 0.2) is 0 Å². The largest absolute Gasteiger partial charge is 0.356 e. The summed E-state index contributed by atoms with van der Waals surface area (Å²) in [5, 5.41) is 0. The lowest BCUT2D eigenvalue weighted by atomic mass is 10.0. The Morgan fingerprint density at radius 3 is 2.58 bits per heavy atom. The Morgan fingerprint density at radius 1 is 1.42 bits per heavy atom. The van der Waals surface area contributed by atoms with Gasteiger partial charge in [-0.15, -0.1) is 0 Å². The minimum atomic E-state index is 0.111. The Hall–Kier alpha value is -0.0800. The van der Waals surface area contributed by atoms with Crippen LogP contribution in [0.2, 0.25) is 0 Å². The van der Waals surface area contributed by atoms with E-state index in [1.807, 2.05) is 0 Å². The van der Waals surface area contributed by atoms with Crippen LogP contribution in [0.1, 0.15) is 33.1 Å². The van der Waals surface area contributed by atoms with Crippen molar-refractivity contribution in [1.29, 1.82) is 0 Å². The number of ether oxygens (including phenoxy) is 1. The molecule has 2 heteroatoms. The Kier molecular flexibility index (Phi) is 1.92. The zero-order chi connectivity index (χ0) is 8.77. The van der Waals surface area contributed by atoms with Crippen LogP contribution in [0.5, 0.6) is 0 Å². The molecule has 0 N–H and O–H groups in total. The average molecular weight is 169 g/mol. The van der Waals surface area contributed by atoms with Crippen molar-refractivity contribution in [2.24, 2.45) is 5.92 Å². The van der Waals surface area contributed by atoms with Gasteiger partial charge in [-0.3, -0.25) is 4.90 Å². The van der Waals surface area contributed by atoms with Gasteiger partial charge in [-0.1, -0.05) is 6.92 Å². The van der Waals surface area contributed by atoms with Gasteiger partial charge in [0.05, 0.1) is 6.10 Å². The molecule has 70 valence electrons. The van der Waals surface area contributed by atoms with Crippen LogP contribution < -0.4 is 0 Å². The molecule has 1 heterocycles. The van der Waals surface area contributed by atoms with E-state index in [-0.39, 0.29) is 5.72 Å². The molecule has 2 nitrogen and oxygen atoms in total. The summed E-state index contributed by atoms with van der Waals surface area (Å²) < 4.78 is 6.06. The van der Waals surface area contributed by atoms with E-state index < -0.39 is 0 Å². The number of rotatable bonds is 0. The van der Waals surface area contributed by atoms with Gasteiger partial charge in [0.25, 0.3) is 0 Å². The first-order chi connectivity index (χ1) is 5.65. The van der Waals surface area contributed by atoms with Gasteiger partial charge in [-0.2, -0.15) is 0 Å². The second-order valence-electron chi connectivity index (χ2n) is 4.45. The van der Waals surface area contributed by atoms with E-state index in [0.29, 0.717) is 12.0 Å². The van der Waals surface area contributed by atoms with Crippen LogP contribution in [-0.2, 0) is 4.74 Å². The molecular formula is C10H19NO. The molecule has 3 atom stereocenters. The Morgan fingerprint density at radius 2 is 2.17 bits per heavy atom. The molecule has 2 fully saturated rings. The Bertz CT molecular complexity index is 183. The van der Waals surface area contributed by atoms with Gasteiger partial charge >= 0.3 is 0 Å². The van der Waals surface area contributed by atoms with E-state index in [1.54, 1.807) is 0 Å². The summed E-state index contributed by atoms with van der Waals surface area (Å²) in [6.07, 6.45) is 4.32. The molecule has 0 bridgehead atoms. The van der Waals surface area contributed by atoms with E-state index in [4.69, 9.17) is 4.74 Å². The lowest BCUT2D eigenvalue weighted by molar-refractivity contribution is -0.114. The maximum absolute atomic E-state index is 6.06. The zero-order valence-electron chi connectivity index (χ0n) is 8.34. The van der Waals surface area contributed by atoms with Crippen LogP contribution in [0, 0.1) is 5.92 Å². The van der Waals surface area contributed by atoms with Crippen molar-refractivity contribution in [2.75, 3.05) is 13.6 Å². The minimum absolute atomic E-state index is 0.111. The van der Waals surface area contributed by atoms with E-state index in [2.05, 4.69) is 25.8 Å². The number of hydrogen-bond acceptors (Lipinski definition) is 2. The molecule has 2 rings (SSSR count). The molecule has 1 aliphatic carbocycles. The fraction of sp³-hybridized carbons (Fsp3) is 1.00. The second-order valence-corrected chi connectivity index (χ2v) is 4.45. The maximum Gasteiger partial charge on any atom is 0.124 e. The Labute approximate surface area is 74.9 Å². The summed E-state index contributed by atoms with van der Waals surface area (Å²) >= 11 is 0. The minimum Gasteiger partial charge on any atom is -0.356 e. The summed E-state index contributed by atoms with van der Waals surface area (Å²) in [4.78, 5) is 2.41. The van der Waals surface area contributed by atoms with E-state index in [0.717, 1.165) is 6.54 Å². The van der Waals surface area contributed by atoms with Crippen molar-refractivity contribution >= 4 is 0 Å². The van der Waals surface area contributed by atoms with Crippen molar-refractivity contribution < 1.29 is 4.74 Å². The molecular weight excluding hydrogens is 150 g/mol. The predicted octanol–water partition coefficient (Wildman–Crippen LogP) is 1.85. The first-order valence-electron chi connectivity index (χ1n) is 5.04. The molecule has 1 saturated carbocycles. The molecule has 0 aromatic carbocycles. The summed E-state index contributed by atoms with van der Waals surface area (Å²) in [5.74, 6) is 0.715. The highest BCUT2D eigenvalue weighted by Crippen LogP contribution is 2.44. The third-order valence-corrected chi connectivity index (χ3v) is 3.52. The van der Waals surface area contributed by atoms with Gasteiger partial charge in [0.2, 0.25) is 0 Å². The first-order valence-corrected chi connectivity index (χ1v) is 5.04. The second kappa shape index (κ2) is 2.71. The third-order valence-electron chi connectivity index (χ3n) is 3.52. The van der Waals surface area contributed by atoms with Gasteiger partial charge in [0.1, 0.15) is 5.72 Å². The van der Waals surface area contributed by atoms with Gasteiger partial charge in [0, 0.05) is 6.54 Å². The molecule has 1 aliphatic heterocycles. The SMILES string of the molecule is C[C@@H]1CN(C)[C@]2(CCC[C@H]2C)O1. The highest BCUT2D eigenvalue weighted by Gasteiger charge is 2.49. The molecule has 0 amide bonds. The van der Waals surface area contributed by atoms with Crippen LogP contribution in [0.4, 0.5) is 0 Å². The van der Waals surface area contributed by atoms with Crippen LogP contribution >= 0.6 is 0 Å². The molecule has 1 spiro atoms. The summed E-state index contributed by atoms with van der Waals surface area (Å²) in [5.41, 5.74) is 0.111. The molecule has 0 aromatic rings. The predicted molar refractivity (Wildman–Crippen MR) is 48.9 cm³/mol. The van der Waals surface area contributed by atoms with Crippen LogP contribution in [0.15, 0.2) is 0 Å². The quantitative estimate of drug-likeness (QED) is 0.549. The fourth-order valence-corrected chi connectivity index (χ4v) is 2.89. The third kappa shape index (κ3) is 1.01. The van der Waals surface area contributed by atoms with Gasteiger partial charge in [-0.25, -0.2) is 0 Å². The van der Waals surface area contributed by atoms with Crippen LogP contribution in [0.25, 0.3) is 0 Å². The summed E-state index contributed by atoms with van der Waals surface area (Å²) in [7, 11) is 2.20. The van der Waals surface area contributed by atoms with Crippen LogP contribution in [-0.4, -0.2) is 30.3 Å². The normalized spacial score (nSPS) is 49.2. The van der Waals surface area contributed by atoms with Crippen molar-refractivity contribution in [3.8, 4) is 0 Å². The number of likely N-dealkylation sites (N-methyl/N-ethyl adjacent to an activating group) is 1. The smallest absolute Gasteiger partial charge is 0.124 e. The lowest BCUT2D eigenvalue weighted by Gasteiger charge is -2.34. The average Bonchev–Trinajstić information content (AvgIpc) is 2.44. The van der Waals surface area contributed by atoms with E-state index in [9.17, 15) is 0 Å². The Balaban J connectivity index is 2.19. The summed E-state index contributed by atoms with van der Waals surface area (Å²) in [6, 6.07) is 0. The topological polar surface area (TPSA) is 12.5 Å². The van der Waals surface area contributed by atoms with E-state index in [1.165, 1.54) is 19.3 Å². The standard InChI is InChI=1S/C10H19NO/c1-8-5-4-6-10(8)11(3)7-9(2)12-10/h8-9H,4-7H2,1-3H3/t8-,9-,10-/m1/s1. The number of hydrogen-bond donors (Lipinski definition) is 0. The molecule has 1 saturated heterocycles. The first kappa shape index (κ1) is 8.52. The molecule has 0 unspecified atom stereocenters. The zero-order valence-corrected chi connectivity index (χ0v) is 8.34. The number of nitrogens with zero attached hydrogens (tertiary/aromatic N) is 1. The fourth-order valence-electron chi connectivity index (χ4n) is 2.89. The van der Waals surface area contributed by atoms with Gasteiger partial charge < -0.3 is 4.74 Å². The molecule has 0 aromatic heterocycles. The monoisotopic (exact) mass is 169 g/mol. The molecule has 0 radical (unpaired) electrons. The highest BCUT2D eigenvalue weighted by atomic mass is 16.5. The summed E-state index contributed by atoms with van der Waals surface area (Å²) in [6.45, 7) is 5.60. The van der Waals surface area contributed by atoms with Crippen molar-refractivity contribution in [3.05, 3.63) is 0 Å². The lowest BCUT2D eigenvalue weighted by Crippen LogP contribution is -2.44. The highest BCUT2D eigenvalue weighted by molar-refractivity contribution is 4.95. The molecule has 12 heavy (non-hydrogen) atoms. The van der Waals surface area contributed by atoms with Gasteiger partial charge in [-0.05, 0) is 39.2 Å². The van der Waals surface area contributed by atoms with Crippen LogP contribution in [0.3, 0.4) is 0 Å². The van der Waals surface area contributed by atoms with Crippen molar-refractivity contribution in [1.82, 2.24) is 4.90 Å². The van der Waals surface area contributed by atoms with Crippen molar-refractivity contribution in [3.63, 3.8) is 0 Å².